The number of anilines is 2. The van der Waals surface area contributed by atoms with Crippen LogP contribution in [0.2, 0.25) is 0 Å². The molecule has 4 heteroatoms. The predicted molar refractivity (Wildman–Crippen MR) is 82.9 cm³/mol. The first kappa shape index (κ1) is 13.2. The third-order valence-electron chi connectivity index (χ3n) is 4.02. The van der Waals surface area contributed by atoms with Crippen molar-refractivity contribution in [2.45, 2.75) is 26.3 Å². The topological polar surface area (TPSA) is 60.2 Å². The van der Waals surface area contributed by atoms with E-state index in [0.717, 1.165) is 47.6 Å². The minimum atomic E-state index is 0.379. The maximum atomic E-state index is 5.91. The Morgan fingerprint density at radius 2 is 2.25 bits per heavy atom. The second-order valence-electron chi connectivity index (χ2n) is 5.64. The van der Waals surface area contributed by atoms with Gasteiger partial charge in [0.15, 0.2) is 0 Å². The number of nitrogens with one attached hydrogen (secondary N) is 1. The molecule has 0 spiro atoms. The number of nitrogens with zero attached hydrogens (tertiary/aromatic N) is 1. The smallest absolute Gasteiger partial charge is 0.0727 e. The summed E-state index contributed by atoms with van der Waals surface area (Å²) in [5.41, 5.74) is 9.78. The molecule has 3 N–H and O–H groups in total. The standard InChI is InChI=1S/C16H21N3O/c1-10-7-16(19-11(2)12-5-6-20-9-12)14-8-13(17)3-4-15(14)18-10/h3-4,7-8,11-12H,5-6,9,17H2,1-2H3,(H,18,19). The molecule has 1 fully saturated rings. The average Bonchev–Trinajstić information content (AvgIpc) is 2.93. The van der Waals surface area contributed by atoms with Crippen molar-refractivity contribution in [1.29, 1.82) is 0 Å². The number of fused-ring (bicyclic) bond motifs is 1. The Labute approximate surface area is 119 Å². The van der Waals surface area contributed by atoms with E-state index in [-0.39, 0.29) is 0 Å². The SMILES string of the molecule is Cc1cc(NC(C)C2CCOC2)c2cc(N)ccc2n1. The monoisotopic (exact) mass is 271 g/mol. The molecule has 1 saturated heterocycles. The number of aryl methyl sites for hydroxylation is 1. The molecular weight excluding hydrogens is 250 g/mol. The average molecular weight is 271 g/mol. The lowest BCUT2D eigenvalue weighted by atomic mass is 10.00. The zero-order valence-corrected chi connectivity index (χ0v) is 12.0. The van der Waals surface area contributed by atoms with Gasteiger partial charge in [-0.25, -0.2) is 0 Å². The van der Waals surface area contributed by atoms with Gasteiger partial charge in [-0.05, 0) is 44.5 Å². The first-order valence-corrected chi connectivity index (χ1v) is 7.14. The van der Waals surface area contributed by atoms with Crippen LogP contribution in [0.4, 0.5) is 11.4 Å². The van der Waals surface area contributed by atoms with Gasteiger partial charge in [0.05, 0.1) is 12.1 Å². The van der Waals surface area contributed by atoms with Crippen molar-refractivity contribution < 1.29 is 4.74 Å². The highest BCUT2D eigenvalue weighted by Crippen LogP contribution is 2.28. The molecule has 106 valence electrons. The highest BCUT2D eigenvalue weighted by atomic mass is 16.5. The van der Waals surface area contributed by atoms with E-state index in [0.29, 0.717) is 12.0 Å². The van der Waals surface area contributed by atoms with Crippen LogP contribution in [-0.4, -0.2) is 24.2 Å². The largest absolute Gasteiger partial charge is 0.399 e. The summed E-state index contributed by atoms with van der Waals surface area (Å²) in [6.07, 6.45) is 1.12. The van der Waals surface area contributed by atoms with Crippen LogP contribution in [-0.2, 0) is 4.74 Å². The van der Waals surface area contributed by atoms with E-state index in [1.807, 2.05) is 25.1 Å². The molecule has 2 atom stereocenters. The quantitative estimate of drug-likeness (QED) is 0.843. The van der Waals surface area contributed by atoms with Gasteiger partial charge in [-0.1, -0.05) is 0 Å². The van der Waals surface area contributed by atoms with Crippen LogP contribution in [0.15, 0.2) is 24.3 Å². The molecule has 4 nitrogen and oxygen atoms in total. The zero-order chi connectivity index (χ0) is 14.1. The first-order valence-electron chi connectivity index (χ1n) is 7.14. The van der Waals surface area contributed by atoms with Crippen molar-refractivity contribution in [1.82, 2.24) is 4.98 Å². The Bertz CT molecular complexity index is 620. The Balaban J connectivity index is 1.95. The Hall–Kier alpha value is -1.81. The van der Waals surface area contributed by atoms with Gasteiger partial charge in [0.2, 0.25) is 0 Å². The molecule has 1 aromatic heterocycles. The summed E-state index contributed by atoms with van der Waals surface area (Å²) >= 11 is 0. The summed E-state index contributed by atoms with van der Waals surface area (Å²) in [5.74, 6) is 0.569. The lowest BCUT2D eigenvalue weighted by Gasteiger charge is -2.22. The highest BCUT2D eigenvalue weighted by Gasteiger charge is 2.22. The van der Waals surface area contributed by atoms with E-state index in [4.69, 9.17) is 10.5 Å². The van der Waals surface area contributed by atoms with Crippen LogP contribution in [0.5, 0.6) is 0 Å². The number of aromatic nitrogens is 1. The fourth-order valence-corrected chi connectivity index (χ4v) is 2.81. The zero-order valence-electron chi connectivity index (χ0n) is 12.0. The third-order valence-corrected chi connectivity index (χ3v) is 4.02. The van der Waals surface area contributed by atoms with Gasteiger partial charge in [-0.3, -0.25) is 4.98 Å². The molecule has 0 radical (unpaired) electrons. The fourth-order valence-electron chi connectivity index (χ4n) is 2.81. The van der Waals surface area contributed by atoms with E-state index < -0.39 is 0 Å². The van der Waals surface area contributed by atoms with Gasteiger partial charge in [0, 0.05) is 41.0 Å². The predicted octanol–water partition coefficient (Wildman–Crippen LogP) is 2.96. The van der Waals surface area contributed by atoms with Crippen LogP contribution < -0.4 is 11.1 Å². The summed E-state index contributed by atoms with van der Waals surface area (Å²) in [6, 6.07) is 8.33. The molecule has 1 aliphatic rings. The Kier molecular flexibility index (Phi) is 3.49. The molecular formula is C16H21N3O. The van der Waals surface area contributed by atoms with Crippen molar-refractivity contribution in [2.75, 3.05) is 24.3 Å². The number of hydrogen-bond donors (Lipinski definition) is 2. The molecule has 2 heterocycles. The number of nitrogens with two attached hydrogens (primary N) is 1. The minimum absolute atomic E-state index is 0.379. The van der Waals surface area contributed by atoms with Gasteiger partial charge >= 0.3 is 0 Å². The van der Waals surface area contributed by atoms with Crippen LogP contribution in [0, 0.1) is 12.8 Å². The minimum Gasteiger partial charge on any atom is -0.399 e. The van der Waals surface area contributed by atoms with Gasteiger partial charge < -0.3 is 15.8 Å². The molecule has 0 amide bonds. The molecule has 0 bridgehead atoms. The lowest BCUT2D eigenvalue weighted by Crippen LogP contribution is -2.26. The van der Waals surface area contributed by atoms with Crippen LogP contribution in [0.25, 0.3) is 10.9 Å². The molecule has 0 saturated carbocycles. The van der Waals surface area contributed by atoms with E-state index in [1.54, 1.807) is 0 Å². The van der Waals surface area contributed by atoms with Crippen LogP contribution in [0.1, 0.15) is 19.0 Å². The van der Waals surface area contributed by atoms with Crippen LogP contribution in [0.3, 0.4) is 0 Å². The highest BCUT2D eigenvalue weighted by molar-refractivity contribution is 5.93. The number of rotatable bonds is 3. The first-order chi connectivity index (χ1) is 9.63. The second-order valence-corrected chi connectivity index (χ2v) is 5.64. The summed E-state index contributed by atoms with van der Waals surface area (Å²) in [5, 5.41) is 4.70. The van der Waals surface area contributed by atoms with E-state index in [1.165, 1.54) is 0 Å². The van der Waals surface area contributed by atoms with Crippen molar-refractivity contribution >= 4 is 22.3 Å². The van der Waals surface area contributed by atoms with E-state index in [9.17, 15) is 0 Å². The van der Waals surface area contributed by atoms with Crippen molar-refractivity contribution in [3.05, 3.63) is 30.0 Å². The number of benzene rings is 1. The molecule has 2 aromatic rings. The number of ether oxygens (including phenoxy) is 1. The summed E-state index contributed by atoms with van der Waals surface area (Å²) in [7, 11) is 0. The maximum Gasteiger partial charge on any atom is 0.0727 e. The number of nitrogen functional groups attached to an aromatic ring is 1. The molecule has 1 aromatic carbocycles. The summed E-state index contributed by atoms with van der Waals surface area (Å²) in [6.45, 7) is 5.95. The molecule has 20 heavy (non-hydrogen) atoms. The van der Waals surface area contributed by atoms with Crippen LogP contribution >= 0.6 is 0 Å². The van der Waals surface area contributed by atoms with Gasteiger partial charge in [0.25, 0.3) is 0 Å². The fraction of sp³-hybridized carbons (Fsp3) is 0.438. The molecule has 1 aliphatic heterocycles. The van der Waals surface area contributed by atoms with E-state index in [2.05, 4.69) is 23.3 Å². The molecule has 0 aliphatic carbocycles. The van der Waals surface area contributed by atoms with Gasteiger partial charge in [-0.2, -0.15) is 0 Å². The summed E-state index contributed by atoms with van der Waals surface area (Å²) in [4.78, 5) is 4.56. The maximum absolute atomic E-state index is 5.91. The van der Waals surface area contributed by atoms with Crippen molar-refractivity contribution in [3.63, 3.8) is 0 Å². The summed E-state index contributed by atoms with van der Waals surface area (Å²) < 4.78 is 5.47. The second kappa shape index (κ2) is 5.29. The van der Waals surface area contributed by atoms with E-state index >= 15 is 0 Å². The number of hydrogen-bond acceptors (Lipinski definition) is 4. The Morgan fingerprint density at radius 3 is 3.00 bits per heavy atom. The number of pyridine rings is 1. The Morgan fingerprint density at radius 1 is 1.40 bits per heavy atom. The van der Waals surface area contributed by atoms with Crippen molar-refractivity contribution in [2.24, 2.45) is 5.92 Å². The molecule has 2 unspecified atom stereocenters. The third kappa shape index (κ3) is 2.56. The normalized spacial score (nSPS) is 20.2. The van der Waals surface area contributed by atoms with Gasteiger partial charge in [0.1, 0.15) is 0 Å². The lowest BCUT2D eigenvalue weighted by molar-refractivity contribution is 0.183. The molecule has 3 rings (SSSR count). The van der Waals surface area contributed by atoms with Crippen molar-refractivity contribution in [3.8, 4) is 0 Å². The van der Waals surface area contributed by atoms with Gasteiger partial charge in [-0.15, -0.1) is 0 Å².